The van der Waals surface area contributed by atoms with Crippen LogP contribution in [-0.4, -0.2) is 36.0 Å². The second-order valence-electron chi connectivity index (χ2n) is 3.77. The SMILES string of the molecule is CC(C)(C)OC(=O)NC[C@H](O)CN. The molecule has 0 fully saturated rings. The Balaban J connectivity index is 3.64. The first-order valence-electron chi connectivity index (χ1n) is 4.20. The van der Waals surface area contributed by atoms with Gasteiger partial charge < -0.3 is 20.9 Å². The van der Waals surface area contributed by atoms with Gasteiger partial charge in [0.15, 0.2) is 0 Å². The van der Waals surface area contributed by atoms with Gasteiger partial charge in [-0.25, -0.2) is 4.79 Å². The smallest absolute Gasteiger partial charge is 0.407 e. The van der Waals surface area contributed by atoms with Gasteiger partial charge in [-0.3, -0.25) is 0 Å². The molecule has 0 spiro atoms. The molecule has 0 aliphatic carbocycles. The van der Waals surface area contributed by atoms with E-state index in [1.165, 1.54) is 0 Å². The first kappa shape index (κ1) is 12.2. The van der Waals surface area contributed by atoms with Gasteiger partial charge >= 0.3 is 6.09 Å². The van der Waals surface area contributed by atoms with Crippen LogP contribution >= 0.6 is 0 Å². The number of hydrogen-bond acceptors (Lipinski definition) is 4. The molecule has 0 aliphatic heterocycles. The highest BCUT2D eigenvalue weighted by Gasteiger charge is 2.16. The number of nitrogens with two attached hydrogens (primary N) is 1. The second kappa shape index (κ2) is 5.04. The molecule has 0 radical (unpaired) electrons. The summed E-state index contributed by atoms with van der Waals surface area (Å²) in [7, 11) is 0. The highest BCUT2D eigenvalue weighted by Crippen LogP contribution is 2.06. The van der Waals surface area contributed by atoms with Gasteiger partial charge in [0.1, 0.15) is 5.60 Å². The Kier molecular flexibility index (Phi) is 4.72. The molecule has 0 saturated carbocycles. The summed E-state index contributed by atoms with van der Waals surface area (Å²) in [6, 6.07) is 0. The lowest BCUT2D eigenvalue weighted by Gasteiger charge is -2.20. The maximum atomic E-state index is 11.0. The molecule has 5 nitrogen and oxygen atoms in total. The zero-order valence-corrected chi connectivity index (χ0v) is 8.33. The molecule has 0 aromatic rings. The van der Waals surface area contributed by atoms with Crippen molar-refractivity contribution in [2.45, 2.75) is 32.5 Å². The van der Waals surface area contributed by atoms with Crippen molar-refractivity contribution < 1.29 is 14.6 Å². The number of ether oxygens (including phenoxy) is 1. The van der Waals surface area contributed by atoms with Crippen molar-refractivity contribution in [2.24, 2.45) is 5.73 Å². The summed E-state index contributed by atoms with van der Waals surface area (Å²) in [6.07, 6.45) is -1.26. The molecule has 0 bridgehead atoms. The van der Waals surface area contributed by atoms with Crippen LogP contribution in [0.2, 0.25) is 0 Å². The van der Waals surface area contributed by atoms with E-state index >= 15 is 0 Å². The van der Waals surface area contributed by atoms with E-state index in [2.05, 4.69) is 5.32 Å². The molecule has 0 unspecified atom stereocenters. The van der Waals surface area contributed by atoms with Crippen LogP contribution in [0.3, 0.4) is 0 Å². The molecule has 1 amide bonds. The van der Waals surface area contributed by atoms with Gasteiger partial charge in [0.25, 0.3) is 0 Å². The molecule has 0 aromatic heterocycles. The van der Waals surface area contributed by atoms with E-state index in [-0.39, 0.29) is 13.1 Å². The van der Waals surface area contributed by atoms with Crippen molar-refractivity contribution in [3.05, 3.63) is 0 Å². The van der Waals surface area contributed by atoms with Crippen LogP contribution in [-0.2, 0) is 4.74 Å². The van der Waals surface area contributed by atoms with Gasteiger partial charge in [-0.05, 0) is 20.8 Å². The summed E-state index contributed by atoms with van der Waals surface area (Å²) in [5.74, 6) is 0. The van der Waals surface area contributed by atoms with Crippen LogP contribution in [0.25, 0.3) is 0 Å². The predicted octanol–water partition coefficient (Wildman–Crippen LogP) is -0.169. The van der Waals surface area contributed by atoms with E-state index in [1.807, 2.05) is 0 Å². The zero-order valence-electron chi connectivity index (χ0n) is 8.33. The lowest BCUT2D eigenvalue weighted by molar-refractivity contribution is 0.0495. The highest BCUT2D eigenvalue weighted by molar-refractivity contribution is 5.67. The Morgan fingerprint density at radius 2 is 2.15 bits per heavy atom. The molecule has 78 valence electrons. The van der Waals surface area contributed by atoms with Crippen LogP contribution in [0.1, 0.15) is 20.8 Å². The average molecular weight is 190 g/mol. The van der Waals surface area contributed by atoms with E-state index in [4.69, 9.17) is 15.6 Å². The Morgan fingerprint density at radius 3 is 2.54 bits per heavy atom. The average Bonchev–Trinajstić information content (AvgIpc) is 1.97. The summed E-state index contributed by atoms with van der Waals surface area (Å²) in [5, 5.41) is 11.4. The monoisotopic (exact) mass is 190 g/mol. The van der Waals surface area contributed by atoms with E-state index in [0.29, 0.717) is 0 Å². The number of nitrogens with one attached hydrogen (secondary N) is 1. The molecular formula is C8H18N2O3. The Hall–Kier alpha value is -0.810. The van der Waals surface area contributed by atoms with Crippen molar-refractivity contribution in [2.75, 3.05) is 13.1 Å². The maximum Gasteiger partial charge on any atom is 0.407 e. The largest absolute Gasteiger partial charge is 0.444 e. The summed E-state index contributed by atoms with van der Waals surface area (Å²) in [4.78, 5) is 11.0. The number of carbonyl (C=O) groups is 1. The summed E-state index contributed by atoms with van der Waals surface area (Å²) >= 11 is 0. The molecule has 0 aliphatic rings. The van der Waals surface area contributed by atoms with Crippen molar-refractivity contribution in [1.82, 2.24) is 5.32 Å². The summed E-state index contributed by atoms with van der Waals surface area (Å²) in [6.45, 7) is 5.55. The Morgan fingerprint density at radius 1 is 1.62 bits per heavy atom. The normalized spacial score (nSPS) is 13.6. The molecule has 5 heteroatoms. The third-order valence-electron chi connectivity index (χ3n) is 1.15. The van der Waals surface area contributed by atoms with Gasteiger partial charge in [-0.1, -0.05) is 0 Å². The number of rotatable bonds is 3. The van der Waals surface area contributed by atoms with Crippen LogP contribution in [0.5, 0.6) is 0 Å². The first-order valence-corrected chi connectivity index (χ1v) is 4.20. The lowest BCUT2D eigenvalue weighted by Crippen LogP contribution is -2.39. The van der Waals surface area contributed by atoms with E-state index in [1.54, 1.807) is 20.8 Å². The number of aliphatic hydroxyl groups excluding tert-OH is 1. The summed E-state index contributed by atoms with van der Waals surface area (Å²) < 4.78 is 4.93. The Bertz CT molecular complexity index is 165. The van der Waals surface area contributed by atoms with E-state index in [9.17, 15) is 4.79 Å². The number of carbonyl (C=O) groups excluding carboxylic acids is 1. The van der Waals surface area contributed by atoms with E-state index in [0.717, 1.165) is 0 Å². The predicted molar refractivity (Wildman–Crippen MR) is 49.3 cm³/mol. The van der Waals surface area contributed by atoms with Crippen LogP contribution < -0.4 is 11.1 Å². The van der Waals surface area contributed by atoms with Crippen LogP contribution in [0.15, 0.2) is 0 Å². The molecule has 0 heterocycles. The fraction of sp³-hybridized carbons (Fsp3) is 0.875. The Labute approximate surface area is 78.3 Å². The van der Waals surface area contributed by atoms with Crippen molar-refractivity contribution in [1.29, 1.82) is 0 Å². The second-order valence-corrected chi connectivity index (χ2v) is 3.77. The van der Waals surface area contributed by atoms with Gasteiger partial charge in [0.2, 0.25) is 0 Å². The van der Waals surface area contributed by atoms with Crippen LogP contribution in [0, 0.1) is 0 Å². The van der Waals surface area contributed by atoms with Gasteiger partial charge in [-0.2, -0.15) is 0 Å². The van der Waals surface area contributed by atoms with Gasteiger partial charge in [0.05, 0.1) is 6.10 Å². The van der Waals surface area contributed by atoms with Crippen molar-refractivity contribution in [3.63, 3.8) is 0 Å². The molecular weight excluding hydrogens is 172 g/mol. The number of aliphatic hydroxyl groups is 1. The molecule has 0 saturated heterocycles. The van der Waals surface area contributed by atoms with E-state index < -0.39 is 17.8 Å². The molecule has 0 rings (SSSR count). The minimum Gasteiger partial charge on any atom is -0.444 e. The summed E-state index contributed by atoms with van der Waals surface area (Å²) in [5.41, 5.74) is 4.63. The molecule has 4 N–H and O–H groups in total. The topological polar surface area (TPSA) is 84.6 Å². The fourth-order valence-corrected chi connectivity index (χ4v) is 0.599. The zero-order chi connectivity index (χ0) is 10.5. The first-order chi connectivity index (χ1) is 5.85. The molecule has 0 aromatic carbocycles. The van der Waals surface area contributed by atoms with Gasteiger partial charge in [0, 0.05) is 13.1 Å². The number of amides is 1. The van der Waals surface area contributed by atoms with Gasteiger partial charge in [-0.15, -0.1) is 0 Å². The maximum absolute atomic E-state index is 11.0. The third-order valence-corrected chi connectivity index (χ3v) is 1.15. The van der Waals surface area contributed by atoms with Crippen molar-refractivity contribution in [3.8, 4) is 0 Å². The quantitative estimate of drug-likeness (QED) is 0.577. The molecule has 1 atom stereocenters. The lowest BCUT2D eigenvalue weighted by atomic mass is 10.2. The third kappa shape index (κ3) is 7.55. The highest BCUT2D eigenvalue weighted by atomic mass is 16.6. The molecule has 13 heavy (non-hydrogen) atoms. The number of hydrogen-bond donors (Lipinski definition) is 3. The van der Waals surface area contributed by atoms with Crippen molar-refractivity contribution >= 4 is 6.09 Å². The number of alkyl carbamates (subject to hydrolysis) is 1. The standard InChI is InChI=1S/C8H18N2O3/c1-8(2,3)13-7(12)10-5-6(11)4-9/h6,11H,4-5,9H2,1-3H3,(H,10,12)/t6-/m1/s1. The minimum absolute atomic E-state index is 0.116. The minimum atomic E-state index is -0.715. The van der Waals surface area contributed by atoms with Crippen LogP contribution in [0.4, 0.5) is 4.79 Å². The fourth-order valence-electron chi connectivity index (χ4n) is 0.599.